The number of carbonyl (C=O) groups is 2. The van der Waals surface area contributed by atoms with Crippen LogP contribution in [0, 0.1) is 5.92 Å². The fraction of sp³-hybridized carbons (Fsp3) is 0.714. The summed E-state index contributed by atoms with van der Waals surface area (Å²) in [7, 11) is 2.52. The Morgan fingerprint density at radius 2 is 1.82 bits per heavy atom. The average Bonchev–Trinajstić information content (AvgIpc) is 2.53. The monoisotopic (exact) mass is 349 g/mol. The van der Waals surface area contributed by atoms with E-state index in [1.807, 2.05) is 6.92 Å². The van der Waals surface area contributed by atoms with E-state index in [1.54, 1.807) is 23.5 Å². The first kappa shape index (κ1) is 19.2. The smallest absolute Gasteiger partial charge is 0.407 e. The Hall–Kier alpha value is -0.860. The number of esters is 1. The van der Waals surface area contributed by atoms with Gasteiger partial charge in [0.2, 0.25) is 0 Å². The lowest BCUT2D eigenvalue weighted by Crippen LogP contribution is -2.49. The average molecular weight is 349 g/mol. The molecule has 1 aliphatic heterocycles. The summed E-state index contributed by atoms with van der Waals surface area (Å²) in [6, 6.07) is -0.673. The Bertz CT molecular complexity index is 431. The zero-order chi connectivity index (χ0) is 16.7. The summed E-state index contributed by atoms with van der Waals surface area (Å²) in [4.78, 5) is 23.7. The van der Waals surface area contributed by atoms with Gasteiger partial charge in [-0.3, -0.25) is 4.79 Å². The lowest BCUT2D eigenvalue weighted by molar-refractivity contribution is -0.149. The van der Waals surface area contributed by atoms with Crippen LogP contribution in [0.1, 0.15) is 20.3 Å². The minimum Gasteiger partial charge on any atom is -0.469 e. The lowest BCUT2D eigenvalue weighted by Gasteiger charge is -2.30. The van der Waals surface area contributed by atoms with Crippen LogP contribution in [0.4, 0.5) is 4.79 Å². The molecule has 0 aromatic carbocycles. The molecule has 126 valence electrons. The first-order chi connectivity index (χ1) is 10.4. The number of methoxy groups -OCH3 is 2. The summed E-state index contributed by atoms with van der Waals surface area (Å²) < 4.78 is 10.5. The highest BCUT2D eigenvalue weighted by Gasteiger charge is 2.37. The van der Waals surface area contributed by atoms with Crippen molar-refractivity contribution in [3.8, 4) is 0 Å². The highest BCUT2D eigenvalue weighted by atomic mass is 32.2. The van der Waals surface area contributed by atoms with Crippen molar-refractivity contribution in [2.24, 2.45) is 5.92 Å². The maximum Gasteiger partial charge on any atom is 0.407 e. The van der Waals surface area contributed by atoms with Crippen LogP contribution in [-0.4, -0.2) is 55.0 Å². The maximum atomic E-state index is 12.0. The Kier molecular flexibility index (Phi) is 8.13. The van der Waals surface area contributed by atoms with E-state index in [0.717, 1.165) is 27.7 Å². The standard InChI is InChI=1S/C14H23NO5S2/c1-8(13-21-6-5-7-22-13)11(15-14(18)20-4)10(9(2)16)12(17)19-3/h9-11,16H,5-7H2,1-4H3,(H,15,18)/t9-,10+,11+/m1/s1. The van der Waals surface area contributed by atoms with E-state index in [0.29, 0.717) is 0 Å². The molecule has 22 heavy (non-hydrogen) atoms. The SMILES string of the molecule is COC(=O)N[C@@H](C(C)=C1SCCCS1)[C@@H](C(=O)OC)[C@@H](C)O. The van der Waals surface area contributed by atoms with Crippen LogP contribution in [0.5, 0.6) is 0 Å². The van der Waals surface area contributed by atoms with Crippen molar-refractivity contribution in [2.75, 3.05) is 25.7 Å². The molecule has 0 saturated carbocycles. The van der Waals surface area contributed by atoms with E-state index < -0.39 is 30.1 Å². The van der Waals surface area contributed by atoms with Gasteiger partial charge in [0.25, 0.3) is 0 Å². The largest absolute Gasteiger partial charge is 0.469 e. The fourth-order valence-electron chi connectivity index (χ4n) is 2.19. The number of carbonyl (C=O) groups excluding carboxylic acids is 2. The van der Waals surface area contributed by atoms with Crippen molar-refractivity contribution in [1.29, 1.82) is 0 Å². The first-order valence-electron chi connectivity index (χ1n) is 6.99. The number of hydrogen-bond donors (Lipinski definition) is 2. The van der Waals surface area contributed by atoms with Crippen LogP contribution < -0.4 is 5.32 Å². The van der Waals surface area contributed by atoms with Crippen molar-refractivity contribution in [1.82, 2.24) is 5.32 Å². The number of nitrogens with one attached hydrogen (secondary N) is 1. The Labute approximate surface area is 139 Å². The van der Waals surface area contributed by atoms with Crippen LogP contribution >= 0.6 is 23.5 Å². The number of alkyl carbamates (subject to hydrolysis) is 1. The number of amides is 1. The van der Waals surface area contributed by atoms with Crippen molar-refractivity contribution in [2.45, 2.75) is 32.4 Å². The predicted octanol–water partition coefficient (Wildman–Crippen LogP) is 1.98. The number of ether oxygens (including phenoxy) is 2. The van der Waals surface area contributed by atoms with Gasteiger partial charge in [0.1, 0.15) is 5.92 Å². The molecule has 0 bridgehead atoms. The van der Waals surface area contributed by atoms with Gasteiger partial charge >= 0.3 is 12.1 Å². The highest BCUT2D eigenvalue weighted by Crippen LogP contribution is 2.39. The first-order valence-corrected chi connectivity index (χ1v) is 8.96. The molecular weight excluding hydrogens is 326 g/mol. The molecule has 0 unspecified atom stereocenters. The van der Waals surface area contributed by atoms with E-state index >= 15 is 0 Å². The van der Waals surface area contributed by atoms with E-state index in [9.17, 15) is 14.7 Å². The summed E-state index contributed by atoms with van der Waals surface area (Å²) in [6.45, 7) is 3.37. The van der Waals surface area contributed by atoms with Crippen LogP contribution in [0.25, 0.3) is 0 Å². The quantitative estimate of drug-likeness (QED) is 0.734. The number of aliphatic hydroxyl groups is 1. The van der Waals surface area contributed by atoms with Crippen LogP contribution in [-0.2, 0) is 14.3 Å². The van der Waals surface area contributed by atoms with Gasteiger partial charge in [0.15, 0.2) is 0 Å². The summed E-state index contributed by atoms with van der Waals surface area (Å²) >= 11 is 3.40. The normalized spacial score (nSPS) is 18.9. The van der Waals surface area contributed by atoms with Gasteiger partial charge in [-0.2, -0.15) is 0 Å². The van der Waals surface area contributed by atoms with E-state index in [-0.39, 0.29) is 0 Å². The van der Waals surface area contributed by atoms with Crippen molar-refractivity contribution in [3.63, 3.8) is 0 Å². The molecule has 0 spiro atoms. The van der Waals surface area contributed by atoms with E-state index in [4.69, 9.17) is 4.74 Å². The third kappa shape index (κ3) is 5.10. The molecule has 1 heterocycles. The number of aliphatic hydroxyl groups excluding tert-OH is 1. The highest BCUT2D eigenvalue weighted by molar-refractivity contribution is 8.22. The number of hydrogen-bond acceptors (Lipinski definition) is 7. The second-order valence-electron chi connectivity index (χ2n) is 4.92. The molecule has 1 fully saturated rings. The molecule has 6 nitrogen and oxygen atoms in total. The van der Waals surface area contributed by atoms with Gasteiger partial charge in [-0.1, -0.05) is 0 Å². The molecule has 3 atom stereocenters. The molecule has 0 radical (unpaired) electrons. The topological polar surface area (TPSA) is 84.9 Å². The lowest BCUT2D eigenvalue weighted by atomic mass is 9.90. The molecule has 1 amide bonds. The van der Waals surface area contributed by atoms with Gasteiger partial charge in [0, 0.05) is 4.24 Å². The van der Waals surface area contributed by atoms with Gasteiger partial charge in [0.05, 0.1) is 26.4 Å². The van der Waals surface area contributed by atoms with Gasteiger partial charge < -0.3 is 19.9 Å². The van der Waals surface area contributed by atoms with E-state index in [1.165, 1.54) is 21.1 Å². The molecule has 0 aromatic rings. The number of rotatable bonds is 5. The molecule has 2 N–H and O–H groups in total. The van der Waals surface area contributed by atoms with Crippen LogP contribution in [0.15, 0.2) is 9.81 Å². The molecule has 8 heteroatoms. The molecular formula is C14H23NO5S2. The Morgan fingerprint density at radius 1 is 1.23 bits per heavy atom. The molecule has 1 rings (SSSR count). The summed E-state index contributed by atoms with van der Waals surface area (Å²) in [5, 5.41) is 12.6. The van der Waals surface area contributed by atoms with Gasteiger partial charge in [-0.15, -0.1) is 23.5 Å². The van der Waals surface area contributed by atoms with Gasteiger partial charge in [-0.05, 0) is 37.3 Å². The number of thioether (sulfide) groups is 2. The zero-order valence-electron chi connectivity index (χ0n) is 13.3. The second kappa shape index (κ2) is 9.32. The minimum atomic E-state index is -0.969. The van der Waals surface area contributed by atoms with Crippen LogP contribution in [0.3, 0.4) is 0 Å². The third-order valence-electron chi connectivity index (χ3n) is 3.35. The second-order valence-corrected chi connectivity index (χ2v) is 7.39. The summed E-state index contributed by atoms with van der Waals surface area (Å²) in [6.07, 6.45) is -0.494. The van der Waals surface area contributed by atoms with Gasteiger partial charge in [-0.25, -0.2) is 4.79 Å². The Morgan fingerprint density at radius 3 is 2.27 bits per heavy atom. The third-order valence-corrected chi connectivity index (χ3v) is 6.22. The summed E-state index contributed by atoms with van der Waals surface area (Å²) in [5.41, 5.74) is 0.844. The Balaban J connectivity index is 3.14. The molecule has 0 aromatic heterocycles. The van der Waals surface area contributed by atoms with E-state index in [2.05, 4.69) is 10.1 Å². The summed E-state index contributed by atoms with van der Waals surface area (Å²) in [5.74, 6) is 0.548. The molecule has 1 saturated heterocycles. The predicted molar refractivity (Wildman–Crippen MR) is 88.7 cm³/mol. The fourth-order valence-corrected chi connectivity index (χ4v) is 4.86. The zero-order valence-corrected chi connectivity index (χ0v) is 14.9. The van der Waals surface area contributed by atoms with Crippen molar-refractivity contribution in [3.05, 3.63) is 9.81 Å². The van der Waals surface area contributed by atoms with Crippen molar-refractivity contribution < 1.29 is 24.2 Å². The minimum absolute atomic E-state index is 0.567. The maximum absolute atomic E-state index is 12.0. The molecule has 0 aliphatic carbocycles. The van der Waals surface area contributed by atoms with Crippen LogP contribution in [0.2, 0.25) is 0 Å². The van der Waals surface area contributed by atoms with Crippen molar-refractivity contribution >= 4 is 35.6 Å². The molecule has 1 aliphatic rings.